The number of para-hydroxylation sites is 1. The van der Waals surface area contributed by atoms with E-state index in [1.807, 2.05) is 36.1 Å². The van der Waals surface area contributed by atoms with Crippen molar-refractivity contribution >= 4 is 22.7 Å². The maximum absolute atomic E-state index is 11.5. The molecule has 6 nitrogen and oxygen atoms in total. The molecule has 0 spiro atoms. The fraction of sp³-hybridized carbons (Fsp3) is 0.286. The predicted molar refractivity (Wildman–Crippen MR) is 106 cm³/mol. The highest BCUT2D eigenvalue weighted by Crippen LogP contribution is 2.35. The summed E-state index contributed by atoms with van der Waals surface area (Å²) in [5.41, 5.74) is 3.11. The van der Waals surface area contributed by atoms with Crippen molar-refractivity contribution in [3.63, 3.8) is 0 Å². The molecule has 0 N–H and O–H groups in total. The highest BCUT2D eigenvalue weighted by molar-refractivity contribution is 5.95. The van der Waals surface area contributed by atoms with Gasteiger partial charge in [0, 0.05) is 30.3 Å². The molecule has 0 atom stereocenters. The number of hydrogen-bond acceptors (Lipinski definition) is 5. The largest absolute Gasteiger partial charge is 0.493 e. The van der Waals surface area contributed by atoms with E-state index in [0.29, 0.717) is 30.9 Å². The van der Waals surface area contributed by atoms with Crippen molar-refractivity contribution in [2.75, 3.05) is 24.6 Å². The maximum atomic E-state index is 11.5. The fourth-order valence-electron chi connectivity index (χ4n) is 3.30. The summed E-state index contributed by atoms with van der Waals surface area (Å²) < 4.78 is 5.71. The lowest BCUT2D eigenvalue weighted by atomic mass is 9.98. The van der Waals surface area contributed by atoms with Crippen LogP contribution in [-0.2, 0) is 0 Å². The zero-order chi connectivity index (χ0) is 19.4. The van der Waals surface area contributed by atoms with Crippen molar-refractivity contribution in [1.82, 2.24) is 0 Å². The molecule has 27 heavy (non-hydrogen) atoms. The Morgan fingerprint density at radius 2 is 2.04 bits per heavy atom. The van der Waals surface area contributed by atoms with Crippen LogP contribution >= 0.6 is 0 Å². The molecular weight excluding hydrogens is 344 g/mol. The summed E-state index contributed by atoms with van der Waals surface area (Å²) in [5.74, 6) is 0.675. The van der Waals surface area contributed by atoms with Gasteiger partial charge >= 0.3 is 0 Å². The summed E-state index contributed by atoms with van der Waals surface area (Å²) in [7, 11) is 0. The molecule has 1 aliphatic rings. The summed E-state index contributed by atoms with van der Waals surface area (Å²) in [6, 6.07) is 12.6. The number of carbonyl (C=O) groups excluding carboxylic acids is 1. The van der Waals surface area contributed by atoms with E-state index < -0.39 is 4.92 Å². The van der Waals surface area contributed by atoms with Crippen LogP contribution < -0.4 is 9.64 Å². The SMILES string of the molecule is CCOc1ccccc1C1=CCN(c2ccc(C(C)=O)cc2[N+](=O)[O-])CC1. The van der Waals surface area contributed by atoms with Crippen LogP contribution in [-0.4, -0.2) is 30.4 Å². The third kappa shape index (κ3) is 4.00. The van der Waals surface area contributed by atoms with Crippen LogP contribution in [0.5, 0.6) is 5.75 Å². The van der Waals surface area contributed by atoms with E-state index in [1.54, 1.807) is 12.1 Å². The Hall–Kier alpha value is -3.15. The molecule has 140 valence electrons. The maximum Gasteiger partial charge on any atom is 0.293 e. The molecule has 0 bridgehead atoms. The minimum absolute atomic E-state index is 0.0331. The molecule has 6 heteroatoms. The van der Waals surface area contributed by atoms with Gasteiger partial charge in [-0.15, -0.1) is 0 Å². The number of carbonyl (C=O) groups is 1. The molecule has 1 aliphatic heterocycles. The van der Waals surface area contributed by atoms with Crippen LogP contribution in [0.25, 0.3) is 5.57 Å². The van der Waals surface area contributed by atoms with Gasteiger partial charge in [0.25, 0.3) is 5.69 Å². The highest BCUT2D eigenvalue weighted by atomic mass is 16.6. The summed E-state index contributed by atoms with van der Waals surface area (Å²) in [6.45, 7) is 5.19. The monoisotopic (exact) mass is 366 g/mol. The Morgan fingerprint density at radius 1 is 1.26 bits per heavy atom. The predicted octanol–water partition coefficient (Wildman–Crippen LogP) is 4.49. The molecule has 2 aromatic carbocycles. The number of nitro groups is 1. The van der Waals surface area contributed by atoms with E-state index in [2.05, 4.69) is 6.08 Å². The van der Waals surface area contributed by atoms with Gasteiger partial charge in [-0.3, -0.25) is 14.9 Å². The molecule has 0 saturated carbocycles. The van der Waals surface area contributed by atoms with Gasteiger partial charge in [0.2, 0.25) is 0 Å². The Balaban J connectivity index is 1.87. The molecule has 0 amide bonds. The Labute approximate surface area is 158 Å². The minimum Gasteiger partial charge on any atom is -0.493 e. The number of nitrogens with zero attached hydrogens (tertiary/aromatic N) is 2. The lowest BCUT2D eigenvalue weighted by Gasteiger charge is -2.29. The van der Waals surface area contributed by atoms with Crippen LogP contribution in [0.3, 0.4) is 0 Å². The van der Waals surface area contributed by atoms with E-state index in [4.69, 9.17) is 4.74 Å². The van der Waals surface area contributed by atoms with Crippen molar-refractivity contribution in [1.29, 1.82) is 0 Å². The second-order valence-corrected chi connectivity index (χ2v) is 6.37. The van der Waals surface area contributed by atoms with E-state index in [-0.39, 0.29) is 11.5 Å². The summed E-state index contributed by atoms with van der Waals surface area (Å²) in [6.07, 6.45) is 2.85. The number of ketones is 1. The second-order valence-electron chi connectivity index (χ2n) is 6.37. The normalized spacial score (nSPS) is 13.9. The van der Waals surface area contributed by atoms with Crippen molar-refractivity contribution in [3.8, 4) is 5.75 Å². The molecule has 3 rings (SSSR count). The van der Waals surface area contributed by atoms with Gasteiger partial charge in [0.15, 0.2) is 5.78 Å². The highest BCUT2D eigenvalue weighted by Gasteiger charge is 2.23. The van der Waals surface area contributed by atoms with E-state index >= 15 is 0 Å². The lowest BCUT2D eigenvalue weighted by Crippen LogP contribution is -2.29. The first-order valence-electron chi connectivity index (χ1n) is 8.96. The number of Topliss-reactive ketones (excluding diaryl/α,β-unsaturated/α-hetero) is 1. The number of anilines is 1. The number of ether oxygens (including phenoxy) is 1. The van der Waals surface area contributed by atoms with Gasteiger partial charge < -0.3 is 9.64 Å². The molecule has 0 aliphatic carbocycles. The molecular formula is C21H22N2O4. The number of nitro benzene ring substituents is 1. The van der Waals surface area contributed by atoms with E-state index in [9.17, 15) is 14.9 Å². The van der Waals surface area contributed by atoms with Crippen LogP contribution in [0.2, 0.25) is 0 Å². The van der Waals surface area contributed by atoms with Gasteiger partial charge in [-0.05, 0) is 44.0 Å². The van der Waals surface area contributed by atoms with Crippen LogP contribution in [0.15, 0.2) is 48.5 Å². The average molecular weight is 366 g/mol. The van der Waals surface area contributed by atoms with Gasteiger partial charge in [-0.25, -0.2) is 0 Å². The quantitative estimate of drug-likeness (QED) is 0.428. The van der Waals surface area contributed by atoms with Crippen molar-refractivity contribution < 1.29 is 14.5 Å². The summed E-state index contributed by atoms with van der Waals surface area (Å²) in [4.78, 5) is 24.6. The molecule has 0 unspecified atom stereocenters. The van der Waals surface area contributed by atoms with Crippen LogP contribution in [0.4, 0.5) is 11.4 Å². The van der Waals surface area contributed by atoms with Crippen LogP contribution in [0, 0.1) is 10.1 Å². The summed E-state index contributed by atoms with van der Waals surface area (Å²) >= 11 is 0. The van der Waals surface area contributed by atoms with Gasteiger partial charge in [0.1, 0.15) is 11.4 Å². The lowest BCUT2D eigenvalue weighted by molar-refractivity contribution is -0.384. The number of benzene rings is 2. The fourth-order valence-corrected chi connectivity index (χ4v) is 3.30. The molecule has 0 fully saturated rings. The van der Waals surface area contributed by atoms with Crippen molar-refractivity contribution in [2.24, 2.45) is 0 Å². The molecule has 2 aromatic rings. The smallest absolute Gasteiger partial charge is 0.293 e. The van der Waals surface area contributed by atoms with Gasteiger partial charge in [0.05, 0.1) is 11.5 Å². The van der Waals surface area contributed by atoms with Crippen LogP contribution in [0.1, 0.15) is 36.2 Å². The topological polar surface area (TPSA) is 72.7 Å². The van der Waals surface area contributed by atoms with Crippen molar-refractivity contribution in [2.45, 2.75) is 20.3 Å². The van der Waals surface area contributed by atoms with E-state index in [0.717, 1.165) is 17.7 Å². The Bertz CT molecular complexity index is 905. The first-order valence-corrected chi connectivity index (χ1v) is 8.96. The molecule has 0 saturated heterocycles. The first-order chi connectivity index (χ1) is 13.0. The molecule has 0 radical (unpaired) electrons. The Kier molecular flexibility index (Phi) is 5.54. The Morgan fingerprint density at radius 3 is 2.67 bits per heavy atom. The number of rotatable bonds is 6. The second kappa shape index (κ2) is 8.03. The first kappa shape index (κ1) is 18.6. The third-order valence-electron chi connectivity index (χ3n) is 4.66. The average Bonchev–Trinajstić information content (AvgIpc) is 2.68. The number of hydrogen-bond donors (Lipinski definition) is 0. The summed E-state index contributed by atoms with van der Waals surface area (Å²) in [5, 5.41) is 11.5. The zero-order valence-electron chi connectivity index (χ0n) is 15.5. The van der Waals surface area contributed by atoms with E-state index in [1.165, 1.54) is 18.6 Å². The van der Waals surface area contributed by atoms with Gasteiger partial charge in [-0.2, -0.15) is 0 Å². The third-order valence-corrected chi connectivity index (χ3v) is 4.66. The molecule has 0 aromatic heterocycles. The van der Waals surface area contributed by atoms with Gasteiger partial charge in [-0.1, -0.05) is 24.3 Å². The molecule has 1 heterocycles. The zero-order valence-corrected chi connectivity index (χ0v) is 15.5. The minimum atomic E-state index is -0.425. The standard InChI is InChI=1S/C21H22N2O4/c1-3-27-21-7-5-4-6-18(21)16-10-12-22(13-11-16)19-9-8-17(15(2)24)14-20(19)23(25)26/h4-10,14H,3,11-13H2,1-2H3. The van der Waals surface area contributed by atoms with Crippen molar-refractivity contribution in [3.05, 3.63) is 69.8 Å².